The molecule has 1 amide bonds. The van der Waals surface area contributed by atoms with Crippen molar-refractivity contribution in [1.82, 2.24) is 5.43 Å². The van der Waals surface area contributed by atoms with Crippen LogP contribution in [0, 0.1) is 5.92 Å². The van der Waals surface area contributed by atoms with E-state index in [1.165, 1.54) is 0 Å². The average Bonchev–Trinajstić information content (AvgIpc) is 3.32. The van der Waals surface area contributed by atoms with Gasteiger partial charge < -0.3 is 0 Å². The lowest BCUT2D eigenvalue weighted by Gasteiger charge is -2.33. The Labute approximate surface area is 220 Å². The largest absolute Gasteiger partial charge is 0.312 e. The van der Waals surface area contributed by atoms with Crippen molar-refractivity contribution in [2.75, 3.05) is 25.1 Å². The van der Waals surface area contributed by atoms with Crippen molar-refractivity contribution >= 4 is 67.8 Å². The number of nitrogens with zero attached hydrogens (tertiary/aromatic N) is 3. The highest BCUT2D eigenvalue weighted by Gasteiger charge is 2.42. The molecule has 1 aliphatic heterocycles. The molecule has 0 fully saturated rings. The van der Waals surface area contributed by atoms with E-state index in [4.69, 9.17) is 28.3 Å². The summed E-state index contributed by atoms with van der Waals surface area (Å²) in [4.78, 5) is 14.5. The lowest BCUT2D eigenvalue weighted by Crippen LogP contribution is -2.60. The van der Waals surface area contributed by atoms with Gasteiger partial charge >= 0.3 is 5.91 Å². The van der Waals surface area contributed by atoms with Crippen LogP contribution in [0.3, 0.4) is 0 Å². The second kappa shape index (κ2) is 12.5. The molecule has 1 aromatic heterocycles. The third-order valence-electron chi connectivity index (χ3n) is 5.46. The van der Waals surface area contributed by atoms with Crippen molar-refractivity contribution in [3.63, 3.8) is 0 Å². The van der Waals surface area contributed by atoms with Gasteiger partial charge in [0.25, 0.3) is 0 Å². The topological polar surface area (TPSA) is 44.7 Å². The van der Waals surface area contributed by atoms with Crippen LogP contribution in [0.4, 0.5) is 5.69 Å². The number of amides is 1. The molecule has 5 nitrogen and oxygen atoms in total. The second-order valence-corrected chi connectivity index (χ2v) is 11.4. The summed E-state index contributed by atoms with van der Waals surface area (Å²) in [5.41, 5.74) is 4.46. The number of hydrogen-bond acceptors (Lipinski definition) is 4. The van der Waals surface area contributed by atoms with Crippen molar-refractivity contribution in [2.45, 2.75) is 53.5 Å². The fraction of sp³-hybridized carbons (Fsp3) is 0.500. The monoisotopic (exact) mass is 575 g/mol. The highest BCUT2D eigenvalue weighted by Crippen LogP contribution is 2.44. The molecule has 1 aliphatic rings. The molecule has 1 N–H and O–H groups in total. The van der Waals surface area contributed by atoms with E-state index in [1.807, 2.05) is 37.9 Å². The maximum absolute atomic E-state index is 13.4. The van der Waals surface area contributed by atoms with Crippen molar-refractivity contribution in [3.05, 3.63) is 49.0 Å². The molecule has 0 radical (unpaired) electrons. The third kappa shape index (κ3) is 6.73. The Hall–Kier alpha value is -1.12. The number of benzene rings is 1. The van der Waals surface area contributed by atoms with E-state index in [9.17, 15) is 4.79 Å². The second-order valence-electron chi connectivity index (χ2n) is 8.08. The first-order valence-corrected chi connectivity index (χ1v) is 13.8. The minimum absolute atomic E-state index is 0.117. The van der Waals surface area contributed by atoms with Gasteiger partial charge in [0, 0.05) is 15.8 Å². The van der Waals surface area contributed by atoms with E-state index in [2.05, 4.69) is 48.3 Å². The SMILES string of the molecule is CC.CCC[N+](C)(CCC)NC(=O)C1=NN(c2ccc(Cl)cc2Cl)C(c2ccc(Br)s2)C1C. The number of nitrogens with one attached hydrogen (secondary N) is 1. The van der Waals surface area contributed by atoms with Crippen LogP contribution < -0.4 is 10.4 Å². The van der Waals surface area contributed by atoms with Gasteiger partial charge in [-0.2, -0.15) is 10.5 Å². The molecule has 0 saturated carbocycles. The van der Waals surface area contributed by atoms with E-state index < -0.39 is 0 Å². The van der Waals surface area contributed by atoms with Crippen LogP contribution in [0.15, 0.2) is 39.2 Å². The number of rotatable bonds is 8. The molecule has 2 aromatic rings. The van der Waals surface area contributed by atoms with Gasteiger partial charge in [0.2, 0.25) is 0 Å². The fourth-order valence-corrected chi connectivity index (χ4v) is 6.23. The van der Waals surface area contributed by atoms with Crippen LogP contribution in [0.1, 0.15) is 58.4 Å². The molecule has 0 aliphatic carbocycles. The van der Waals surface area contributed by atoms with Gasteiger partial charge in [0.05, 0.1) is 27.6 Å². The van der Waals surface area contributed by atoms with Crippen molar-refractivity contribution < 1.29 is 9.39 Å². The average molecular weight is 577 g/mol. The first kappa shape index (κ1) is 28.1. The van der Waals surface area contributed by atoms with Gasteiger partial charge in [-0.15, -0.1) is 11.3 Å². The third-order valence-corrected chi connectivity index (χ3v) is 7.70. The number of hydrazone groups is 1. The zero-order valence-corrected chi connectivity index (χ0v) is 24.1. The zero-order chi connectivity index (χ0) is 24.8. The van der Waals surface area contributed by atoms with E-state index >= 15 is 0 Å². The Bertz CT molecular complexity index is 975. The molecule has 2 atom stereocenters. The van der Waals surface area contributed by atoms with Gasteiger partial charge in [-0.25, -0.2) is 4.59 Å². The lowest BCUT2D eigenvalue weighted by molar-refractivity contribution is -0.943. The Morgan fingerprint density at radius 1 is 1.18 bits per heavy atom. The number of carbonyl (C=O) groups excluding carboxylic acids is 1. The Balaban J connectivity index is 0.00000187. The minimum Gasteiger partial charge on any atom is -0.263 e. The molecule has 182 valence electrons. The molecule has 2 unspecified atom stereocenters. The molecule has 0 saturated heterocycles. The predicted molar refractivity (Wildman–Crippen MR) is 146 cm³/mol. The first-order chi connectivity index (χ1) is 15.7. The van der Waals surface area contributed by atoms with Gasteiger partial charge in [-0.3, -0.25) is 9.80 Å². The summed E-state index contributed by atoms with van der Waals surface area (Å²) < 4.78 is 1.53. The number of halogens is 3. The molecular formula is C24H34BrCl2N4OS+. The number of anilines is 1. The summed E-state index contributed by atoms with van der Waals surface area (Å²) in [6.07, 6.45) is 1.97. The van der Waals surface area contributed by atoms with Gasteiger partial charge in [0.1, 0.15) is 18.8 Å². The van der Waals surface area contributed by atoms with Crippen LogP contribution in [0.25, 0.3) is 0 Å². The Kier molecular flexibility index (Phi) is 10.7. The number of quaternary nitrogens is 1. The van der Waals surface area contributed by atoms with Crippen LogP contribution in [-0.2, 0) is 4.79 Å². The molecule has 0 spiro atoms. The molecule has 33 heavy (non-hydrogen) atoms. The first-order valence-electron chi connectivity index (χ1n) is 11.4. The summed E-state index contributed by atoms with van der Waals surface area (Å²) in [6, 6.07) is 9.30. The highest BCUT2D eigenvalue weighted by atomic mass is 79.9. The van der Waals surface area contributed by atoms with Crippen molar-refractivity contribution in [3.8, 4) is 0 Å². The van der Waals surface area contributed by atoms with Gasteiger partial charge in [-0.1, -0.05) is 57.8 Å². The molecule has 9 heteroatoms. The summed E-state index contributed by atoms with van der Waals surface area (Å²) >= 11 is 17.8. The maximum atomic E-state index is 13.4. The van der Waals surface area contributed by atoms with Crippen molar-refractivity contribution in [1.29, 1.82) is 0 Å². The van der Waals surface area contributed by atoms with Crippen LogP contribution >= 0.6 is 50.5 Å². The van der Waals surface area contributed by atoms with E-state index in [0.717, 1.165) is 40.3 Å². The van der Waals surface area contributed by atoms with Crippen LogP contribution in [0.2, 0.25) is 10.0 Å². The molecule has 3 rings (SSSR count). The highest BCUT2D eigenvalue weighted by molar-refractivity contribution is 9.11. The minimum atomic E-state index is -0.134. The molecule has 1 aromatic carbocycles. The quantitative estimate of drug-likeness (QED) is 0.258. The van der Waals surface area contributed by atoms with Crippen LogP contribution in [0.5, 0.6) is 0 Å². The maximum Gasteiger partial charge on any atom is 0.312 e. The van der Waals surface area contributed by atoms with Crippen LogP contribution in [-0.4, -0.2) is 36.3 Å². The Morgan fingerprint density at radius 3 is 2.33 bits per heavy atom. The Morgan fingerprint density at radius 2 is 1.82 bits per heavy atom. The van der Waals surface area contributed by atoms with Crippen molar-refractivity contribution in [2.24, 2.45) is 11.0 Å². The fourth-order valence-electron chi connectivity index (χ4n) is 4.12. The summed E-state index contributed by atoms with van der Waals surface area (Å²) in [7, 11) is 2.06. The number of hydrogen-bond donors (Lipinski definition) is 1. The zero-order valence-electron chi connectivity index (χ0n) is 20.2. The predicted octanol–water partition coefficient (Wildman–Crippen LogP) is 7.69. The number of thiophene rings is 1. The molecule has 0 bridgehead atoms. The smallest absolute Gasteiger partial charge is 0.263 e. The summed E-state index contributed by atoms with van der Waals surface area (Å²) in [6.45, 7) is 12.0. The molecule has 2 heterocycles. The summed E-state index contributed by atoms with van der Waals surface area (Å²) in [5, 5.41) is 7.72. The molecular weight excluding hydrogens is 543 g/mol. The van der Waals surface area contributed by atoms with Gasteiger partial charge in [0.15, 0.2) is 0 Å². The van der Waals surface area contributed by atoms with E-state index in [1.54, 1.807) is 23.5 Å². The standard InChI is InChI=1S/C22H27BrCl2N4OS.C2H6/c1-5-11-29(4,12-6-2)27-22(30)20-14(3)21(18-9-10-19(23)31-18)28(26-20)17-8-7-15(24)13-16(17)25;1-2/h7-10,13-14,21H,5-6,11-12H2,1-4H3;1-2H3/p+1. The lowest BCUT2D eigenvalue weighted by atomic mass is 9.95. The van der Waals surface area contributed by atoms with E-state index in [0.29, 0.717) is 20.3 Å². The van der Waals surface area contributed by atoms with Gasteiger partial charge in [-0.05, 0) is 59.1 Å². The number of carbonyl (C=O) groups is 1. The summed E-state index contributed by atoms with van der Waals surface area (Å²) in [5.74, 6) is -0.251. The normalized spacial score (nSPS) is 18.0. The van der Waals surface area contributed by atoms with E-state index in [-0.39, 0.29) is 17.9 Å².